The van der Waals surface area contributed by atoms with Crippen molar-refractivity contribution in [3.63, 3.8) is 0 Å². The normalized spacial score (nSPS) is 11.7. The quantitative estimate of drug-likeness (QED) is 0.510. The van der Waals surface area contributed by atoms with Gasteiger partial charge in [-0.2, -0.15) is 0 Å². The standard InChI is InChI=1S/C19H21NO6/c1-19(2,3)13-8-11(25-4)9-15-17(13)12(10-21)14(20(15)18(23)24)6-7-16(22)26-5/h6-10H,1-5H3,(H,23,24). The van der Waals surface area contributed by atoms with E-state index in [0.717, 1.165) is 16.2 Å². The molecule has 0 bridgehead atoms. The molecule has 0 unspecified atom stereocenters. The van der Waals surface area contributed by atoms with Crippen LogP contribution in [0.1, 0.15) is 42.4 Å². The van der Waals surface area contributed by atoms with E-state index in [2.05, 4.69) is 4.74 Å². The van der Waals surface area contributed by atoms with Gasteiger partial charge in [-0.15, -0.1) is 0 Å². The maximum absolute atomic E-state index is 11.9. The van der Waals surface area contributed by atoms with E-state index >= 15 is 0 Å². The van der Waals surface area contributed by atoms with Gasteiger partial charge < -0.3 is 14.6 Å². The third-order valence-corrected chi connectivity index (χ3v) is 4.05. The summed E-state index contributed by atoms with van der Waals surface area (Å²) < 4.78 is 10.8. The fourth-order valence-corrected chi connectivity index (χ4v) is 2.85. The Balaban J connectivity index is 3.02. The molecule has 2 rings (SSSR count). The third kappa shape index (κ3) is 3.33. The number of hydrogen-bond donors (Lipinski definition) is 1. The first kappa shape index (κ1) is 19.2. The van der Waals surface area contributed by atoms with Crippen LogP contribution in [0.25, 0.3) is 17.0 Å². The zero-order valence-electron chi connectivity index (χ0n) is 15.3. The van der Waals surface area contributed by atoms with Gasteiger partial charge in [0.1, 0.15) is 5.75 Å². The molecule has 1 aromatic carbocycles. The van der Waals surface area contributed by atoms with Gasteiger partial charge in [0.2, 0.25) is 0 Å². The Hall–Kier alpha value is -3.09. The highest BCUT2D eigenvalue weighted by molar-refractivity contribution is 6.08. The van der Waals surface area contributed by atoms with Crippen molar-refractivity contribution in [3.05, 3.63) is 35.0 Å². The maximum Gasteiger partial charge on any atom is 0.416 e. The summed E-state index contributed by atoms with van der Waals surface area (Å²) in [6.45, 7) is 5.87. The zero-order valence-corrected chi connectivity index (χ0v) is 15.3. The van der Waals surface area contributed by atoms with Crippen molar-refractivity contribution in [2.24, 2.45) is 0 Å². The number of esters is 1. The molecule has 0 saturated carbocycles. The number of aromatic nitrogens is 1. The van der Waals surface area contributed by atoms with Crippen molar-refractivity contribution in [1.29, 1.82) is 0 Å². The molecule has 0 saturated heterocycles. The zero-order chi connectivity index (χ0) is 19.6. The summed E-state index contributed by atoms with van der Waals surface area (Å²) in [5.74, 6) is -0.180. The number of ether oxygens (including phenoxy) is 2. The van der Waals surface area contributed by atoms with Gasteiger partial charge in [-0.3, -0.25) is 4.79 Å². The summed E-state index contributed by atoms with van der Waals surface area (Å²) in [7, 11) is 2.70. The minimum atomic E-state index is -1.28. The lowest BCUT2D eigenvalue weighted by atomic mass is 9.83. The number of carboxylic acid groups (broad SMARTS) is 1. The number of aldehydes is 1. The highest BCUT2D eigenvalue weighted by atomic mass is 16.5. The highest BCUT2D eigenvalue weighted by Crippen LogP contribution is 2.38. The van der Waals surface area contributed by atoms with Gasteiger partial charge in [-0.05, 0) is 23.1 Å². The second-order valence-corrected chi connectivity index (χ2v) is 6.71. The smallest absolute Gasteiger partial charge is 0.416 e. The second-order valence-electron chi connectivity index (χ2n) is 6.71. The van der Waals surface area contributed by atoms with Crippen LogP contribution < -0.4 is 4.74 Å². The van der Waals surface area contributed by atoms with Crippen molar-refractivity contribution in [3.8, 4) is 5.75 Å². The molecule has 0 fully saturated rings. The predicted octanol–water partition coefficient (Wildman–Crippen LogP) is 3.47. The summed E-state index contributed by atoms with van der Waals surface area (Å²) >= 11 is 0. The molecule has 0 spiro atoms. The number of nitrogens with zero attached hydrogens (tertiary/aromatic N) is 1. The molecular weight excluding hydrogens is 338 g/mol. The fourth-order valence-electron chi connectivity index (χ4n) is 2.85. The van der Waals surface area contributed by atoms with E-state index in [1.165, 1.54) is 20.3 Å². The number of rotatable bonds is 4. The number of benzene rings is 1. The average molecular weight is 359 g/mol. The van der Waals surface area contributed by atoms with Crippen molar-refractivity contribution in [2.45, 2.75) is 26.2 Å². The minimum Gasteiger partial charge on any atom is -0.497 e. The van der Waals surface area contributed by atoms with E-state index in [0.29, 0.717) is 22.9 Å². The average Bonchev–Trinajstić information content (AvgIpc) is 2.90. The minimum absolute atomic E-state index is 0.0895. The van der Waals surface area contributed by atoms with Gasteiger partial charge in [-0.25, -0.2) is 14.2 Å². The maximum atomic E-state index is 11.9. The number of carbonyl (C=O) groups is 3. The molecule has 0 amide bonds. The number of hydrogen-bond acceptors (Lipinski definition) is 5. The topological polar surface area (TPSA) is 94.8 Å². The summed E-state index contributed by atoms with van der Waals surface area (Å²) in [6.07, 6.45) is 1.67. The van der Waals surface area contributed by atoms with E-state index in [1.54, 1.807) is 12.1 Å². The number of fused-ring (bicyclic) bond motifs is 1. The molecule has 1 N–H and O–H groups in total. The second kappa shape index (κ2) is 7.03. The first-order chi connectivity index (χ1) is 12.1. The molecule has 2 aromatic rings. The van der Waals surface area contributed by atoms with Crippen LogP contribution in [0.3, 0.4) is 0 Å². The molecule has 0 radical (unpaired) electrons. The summed E-state index contributed by atoms with van der Waals surface area (Å²) in [4.78, 5) is 35.2. The first-order valence-electron chi connectivity index (χ1n) is 7.87. The Labute approximate surface area is 150 Å². The lowest BCUT2D eigenvalue weighted by Gasteiger charge is -2.21. The Morgan fingerprint density at radius 2 is 1.85 bits per heavy atom. The van der Waals surface area contributed by atoms with Crippen LogP contribution in [0.15, 0.2) is 18.2 Å². The predicted molar refractivity (Wildman–Crippen MR) is 97.1 cm³/mol. The summed E-state index contributed by atoms with van der Waals surface area (Å²) in [6, 6.07) is 3.34. The van der Waals surface area contributed by atoms with E-state index < -0.39 is 12.1 Å². The van der Waals surface area contributed by atoms with Crippen LogP contribution in [0.5, 0.6) is 5.75 Å². The largest absolute Gasteiger partial charge is 0.497 e. The molecule has 138 valence electrons. The Bertz CT molecular complexity index is 914. The monoisotopic (exact) mass is 359 g/mol. The van der Waals surface area contributed by atoms with Gasteiger partial charge in [0, 0.05) is 23.1 Å². The van der Waals surface area contributed by atoms with E-state index in [1.807, 2.05) is 20.8 Å². The van der Waals surface area contributed by atoms with Crippen LogP contribution in [0, 0.1) is 0 Å². The van der Waals surface area contributed by atoms with Crippen molar-refractivity contribution in [1.82, 2.24) is 4.57 Å². The summed E-state index contributed by atoms with van der Waals surface area (Å²) in [5, 5.41) is 10.2. The molecule has 0 aliphatic heterocycles. The van der Waals surface area contributed by atoms with Crippen LogP contribution in [-0.2, 0) is 14.9 Å². The van der Waals surface area contributed by atoms with Crippen LogP contribution in [0.2, 0.25) is 0 Å². The fraction of sp³-hybridized carbons (Fsp3) is 0.316. The Morgan fingerprint density at radius 1 is 1.19 bits per heavy atom. The summed E-state index contributed by atoms with van der Waals surface area (Å²) in [5.41, 5.74) is 0.982. The molecule has 0 aliphatic rings. The number of carbonyl (C=O) groups excluding carboxylic acids is 2. The van der Waals surface area contributed by atoms with Gasteiger partial charge in [-0.1, -0.05) is 20.8 Å². The van der Waals surface area contributed by atoms with Crippen molar-refractivity contribution >= 4 is 35.3 Å². The molecule has 26 heavy (non-hydrogen) atoms. The molecule has 7 nitrogen and oxygen atoms in total. The molecule has 1 aromatic heterocycles. The van der Waals surface area contributed by atoms with Gasteiger partial charge in [0.05, 0.1) is 25.4 Å². The lowest BCUT2D eigenvalue weighted by molar-refractivity contribution is -0.134. The first-order valence-corrected chi connectivity index (χ1v) is 7.87. The number of methoxy groups -OCH3 is 2. The Morgan fingerprint density at radius 3 is 2.31 bits per heavy atom. The molecule has 1 heterocycles. The van der Waals surface area contributed by atoms with Crippen molar-refractivity contribution < 1.29 is 29.0 Å². The SMILES string of the molecule is COC(=O)C=Cc1c(C=O)c2c(C(C)(C)C)cc(OC)cc2n1C(=O)O. The highest BCUT2D eigenvalue weighted by Gasteiger charge is 2.27. The van der Waals surface area contributed by atoms with Crippen LogP contribution >= 0.6 is 0 Å². The van der Waals surface area contributed by atoms with E-state index in [4.69, 9.17) is 4.74 Å². The van der Waals surface area contributed by atoms with Gasteiger partial charge in [0.25, 0.3) is 0 Å². The molecule has 0 atom stereocenters. The van der Waals surface area contributed by atoms with Gasteiger partial charge in [0.15, 0.2) is 6.29 Å². The third-order valence-electron chi connectivity index (χ3n) is 4.05. The molecular formula is C19H21NO6. The van der Waals surface area contributed by atoms with E-state index in [-0.39, 0.29) is 16.7 Å². The molecule has 7 heteroatoms. The van der Waals surface area contributed by atoms with E-state index in [9.17, 15) is 19.5 Å². The van der Waals surface area contributed by atoms with Crippen LogP contribution in [0.4, 0.5) is 4.79 Å². The molecule has 0 aliphatic carbocycles. The van der Waals surface area contributed by atoms with Gasteiger partial charge >= 0.3 is 12.1 Å². The van der Waals surface area contributed by atoms with Crippen LogP contribution in [-0.4, -0.2) is 42.2 Å². The lowest BCUT2D eigenvalue weighted by Crippen LogP contribution is -2.13. The van der Waals surface area contributed by atoms with Crippen molar-refractivity contribution in [2.75, 3.05) is 14.2 Å². The Kier molecular flexibility index (Phi) is 5.20.